The molecular formula is C19H30O5. The third-order valence-corrected chi connectivity index (χ3v) is 4.46. The Balaban J connectivity index is 2.50. The molecule has 1 rings (SSSR count). The summed E-state index contributed by atoms with van der Waals surface area (Å²) in [5.41, 5.74) is 0. The van der Waals surface area contributed by atoms with E-state index < -0.39 is 18.2 Å². The van der Waals surface area contributed by atoms with Gasteiger partial charge in [-0.25, -0.2) is 0 Å². The largest absolute Gasteiger partial charge is 0.481 e. The minimum Gasteiger partial charge on any atom is -0.481 e. The van der Waals surface area contributed by atoms with Crippen LogP contribution in [0.5, 0.6) is 0 Å². The summed E-state index contributed by atoms with van der Waals surface area (Å²) in [7, 11) is 0. The van der Waals surface area contributed by atoms with Crippen LogP contribution < -0.4 is 0 Å². The van der Waals surface area contributed by atoms with E-state index in [9.17, 15) is 19.8 Å². The molecule has 0 aromatic heterocycles. The number of carbonyl (C=O) groups excluding carboxylic acids is 1. The normalized spacial score (nSPS) is 25.8. The predicted molar refractivity (Wildman–Crippen MR) is 92.5 cm³/mol. The highest BCUT2D eigenvalue weighted by molar-refractivity contribution is 5.84. The molecule has 1 fully saturated rings. The number of carboxylic acids is 1. The summed E-state index contributed by atoms with van der Waals surface area (Å²) >= 11 is 0. The molecule has 5 nitrogen and oxygen atoms in total. The number of carboxylic acid groups (broad SMARTS) is 1. The molecule has 0 aromatic rings. The smallest absolute Gasteiger partial charge is 0.303 e. The Labute approximate surface area is 144 Å². The van der Waals surface area contributed by atoms with E-state index in [1.165, 1.54) is 0 Å². The first kappa shape index (κ1) is 20.6. The first-order valence-electron chi connectivity index (χ1n) is 8.89. The Morgan fingerprint density at radius 2 is 2.08 bits per heavy atom. The topological polar surface area (TPSA) is 94.8 Å². The summed E-state index contributed by atoms with van der Waals surface area (Å²) < 4.78 is 0. The summed E-state index contributed by atoms with van der Waals surface area (Å²) in [5, 5.41) is 28.5. The first-order valence-corrected chi connectivity index (χ1v) is 8.89. The number of ketones is 1. The van der Waals surface area contributed by atoms with E-state index in [1.807, 2.05) is 12.2 Å². The Bertz CT molecular complexity index is 455. The molecule has 0 aliphatic heterocycles. The van der Waals surface area contributed by atoms with Crippen molar-refractivity contribution in [1.82, 2.24) is 0 Å². The molecule has 4 atom stereocenters. The maximum Gasteiger partial charge on any atom is 0.303 e. The van der Waals surface area contributed by atoms with Gasteiger partial charge in [-0.05, 0) is 25.7 Å². The van der Waals surface area contributed by atoms with Crippen LogP contribution in [0.3, 0.4) is 0 Å². The zero-order valence-corrected chi connectivity index (χ0v) is 14.4. The quantitative estimate of drug-likeness (QED) is 0.398. The van der Waals surface area contributed by atoms with Crippen LogP contribution in [-0.4, -0.2) is 39.3 Å². The second kappa shape index (κ2) is 11.2. The lowest BCUT2D eigenvalue weighted by molar-refractivity contribution is -0.137. The lowest BCUT2D eigenvalue weighted by Gasteiger charge is -2.16. The second-order valence-electron chi connectivity index (χ2n) is 6.51. The molecule has 1 aliphatic rings. The monoisotopic (exact) mass is 338 g/mol. The number of rotatable bonds is 11. The maximum absolute atomic E-state index is 12.1. The van der Waals surface area contributed by atoms with Gasteiger partial charge in [0.15, 0.2) is 0 Å². The standard InChI is InChI=1S/C19H30O5/c1-2-3-8-14(20)11-12-16-15(17(21)13-18(16)22)9-6-4-5-7-10-19(23)24/h4,6,11-12,14-16,18,20,22H,2-3,5,7-10,13H2,1H3,(H,23,24)/b6-4+,12-11+/t14-,15?,16?,18+/m0/s1. The fourth-order valence-corrected chi connectivity index (χ4v) is 3.03. The van der Waals surface area contributed by atoms with Crippen LogP contribution in [0.2, 0.25) is 0 Å². The summed E-state index contributed by atoms with van der Waals surface area (Å²) in [6, 6.07) is 0. The van der Waals surface area contributed by atoms with Crippen LogP contribution in [0.1, 0.15) is 58.3 Å². The molecule has 5 heteroatoms. The van der Waals surface area contributed by atoms with Crippen LogP contribution >= 0.6 is 0 Å². The van der Waals surface area contributed by atoms with Crippen molar-refractivity contribution in [3.63, 3.8) is 0 Å². The van der Waals surface area contributed by atoms with E-state index in [-0.39, 0.29) is 30.5 Å². The molecule has 0 amide bonds. The molecule has 24 heavy (non-hydrogen) atoms. The van der Waals surface area contributed by atoms with Crippen molar-refractivity contribution in [2.75, 3.05) is 0 Å². The van der Waals surface area contributed by atoms with Gasteiger partial charge in [-0.15, -0.1) is 0 Å². The Kier molecular flexibility index (Phi) is 9.57. The molecule has 1 aliphatic carbocycles. The van der Waals surface area contributed by atoms with Gasteiger partial charge in [-0.2, -0.15) is 0 Å². The van der Waals surface area contributed by atoms with Gasteiger partial charge in [-0.3, -0.25) is 9.59 Å². The van der Waals surface area contributed by atoms with Crippen molar-refractivity contribution in [3.05, 3.63) is 24.3 Å². The van der Waals surface area contributed by atoms with Crippen molar-refractivity contribution in [3.8, 4) is 0 Å². The molecule has 0 bridgehead atoms. The number of carbonyl (C=O) groups is 2. The molecule has 0 heterocycles. The summed E-state index contributed by atoms with van der Waals surface area (Å²) in [6.45, 7) is 2.06. The number of aliphatic hydroxyl groups excluding tert-OH is 2. The van der Waals surface area contributed by atoms with Crippen molar-refractivity contribution < 1.29 is 24.9 Å². The van der Waals surface area contributed by atoms with Gasteiger partial charge in [0, 0.05) is 24.7 Å². The van der Waals surface area contributed by atoms with E-state index in [2.05, 4.69) is 6.92 Å². The zero-order valence-electron chi connectivity index (χ0n) is 14.4. The van der Waals surface area contributed by atoms with Gasteiger partial charge in [-0.1, -0.05) is 44.1 Å². The fourth-order valence-electron chi connectivity index (χ4n) is 3.03. The minimum atomic E-state index is -0.802. The van der Waals surface area contributed by atoms with E-state index in [0.29, 0.717) is 25.7 Å². The third kappa shape index (κ3) is 7.41. The fraction of sp³-hybridized carbons (Fsp3) is 0.684. The van der Waals surface area contributed by atoms with Crippen LogP contribution in [0.4, 0.5) is 0 Å². The highest BCUT2D eigenvalue weighted by Gasteiger charge is 2.39. The highest BCUT2D eigenvalue weighted by Crippen LogP contribution is 2.33. The molecule has 0 saturated heterocycles. The van der Waals surface area contributed by atoms with Gasteiger partial charge in [0.05, 0.1) is 12.2 Å². The molecule has 1 saturated carbocycles. The number of hydrogen-bond donors (Lipinski definition) is 3. The number of aliphatic carboxylic acids is 1. The molecular weight excluding hydrogens is 308 g/mol. The third-order valence-electron chi connectivity index (χ3n) is 4.46. The molecule has 0 radical (unpaired) electrons. The van der Waals surface area contributed by atoms with Crippen molar-refractivity contribution in [2.24, 2.45) is 11.8 Å². The van der Waals surface area contributed by atoms with Gasteiger partial charge in [0.2, 0.25) is 0 Å². The second-order valence-corrected chi connectivity index (χ2v) is 6.51. The first-order chi connectivity index (χ1) is 11.5. The summed E-state index contributed by atoms with van der Waals surface area (Å²) in [5.74, 6) is -1.26. The van der Waals surface area contributed by atoms with Crippen molar-refractivity contribution in [2.45, 2.75) is 70.5 Å². The molecule has 0 spiro atoms. The van der Waals surface area contributed by atoms with Gasteiger partial charge in [0.1, 0.15) is 5.78 Å². The maximum atomic E-state index is 12.1. The summed E-state index contributed by atoms with van der Waals surface area (Å²) in [4.78, 5) is 22.5. The van der Waals surface area contributed by atoms with Crippen LogP contribution in [0, 0.1) is 11.8 Å². The number of aliphatic hydroxyl groups is 2. The Morgan fingerprint density at radius 1 is 1.33 bits per heavy atom. The van der Waals surface area contributed by atoms with Crippen molar-refractivity contribution >= 4 is 11.8 Å². The van der Waals surface area contributed by atoms with Crippen LogP contribution in [0.15, 0.2) is 24.3 Å². The van der Waals surface area contributed by atoms with Gasteiger partial charge >= 0.3 is 5.97 Å². The lowest BCUT2D eigenvalue weighted by Crippen LogP contribution is -2.18. The predicted octanol–water partition coefficient (Wildman–Crippen LogP) is 2.86. The molecule has 2 unspecified atom stereocenters. The number of hydrogen-bond acceptors (Lipinski definition) is 4. The Hall–Kier alpha value is -1.46. The van der Waals surface area contributed by atoms with Crippen molar-refractivity contribution in [1.29, 1.82) is 0 Å². The minimum absolute atomic E-state index is 0.0513. The van der Waals surface area contributed by atoms with E-state index in [1.54, 1.807) is 12.2 Å². The van der Waals surface area contributed by atoms with E-state index in [0.717, 1.165) is 12.8 Å². The molecule has 136 valence electrons. The number of Topliss-reactive ketones (excluding diaryl/α,β-unsaturated/α-hetero) is 1. The lowest BCUT2D eigenvalue weighted by atomic mass is 9.90. The Morgan fingerprint density at radius 3 is 2.75 bits per heavy atom. The highest BCUT2D eigenvalue weighted by atomic mass is 16.4. The molecule has 3 N–H and O–H groups in total. The van der Waals surface area contributed by atoms with Crippen LogP contribution in [0.25, 0.3) is 0 Å². The average molecular weight is 338 g/mol. The average Bonchev–Trinajstić information content (AvgIpc) is 2.79. The molecule has 0 aromatic carbocycles. The summed E-state index contributed by atoms with van der Waals surface area (Å²) in [6.07, 6.45) is 10.8. The van der Waals surface area contributed by atoms with Gasteiger partial charge < -0.3 is 15.3 Å². The van der Waals surface area contributed by atoms with Gasteiger partial charge in [0.25, 0.3) is 0 Å². The zero-order chi connectivity index (χ0) is 17.9. The van der Waals surface area contributed by atoms with Crippen LogP contribution in [-0.2, 0) is 9.59 Å². The van der Waals surface area contributed by atoms with E-state index in [4.69, 9.17) is 5.11 Å². The number of unbranched alkanes of at least 4 members (excludes halogenated alkanes) is 2. The number of allylic oxidation sites excluding steroid dienone is 2. The SMILES string of the molecule is CCCC[C@H](O)/C=C/C1C(C/C=C/CCCC(=O)O)C(=O)C[C@H]1O. The van der Waals surface area contributed by atoms with E-state index >= 15 is 0 Å².